The van der Waals surface area contributed by atoms with Gasteiger partial charge in [0.15, 0.2) is 17.0 Å². The Morgan fingerprint density at radius 1 is 1.22 bits per heavy atom. The molecule has 0 aromatic carbocycles. The number of hydrogen-bond donors (Lipinski definition) is 2. The lowest BCUT2D eigenvalue weighted by Crippen LogP contribution is -2.42. The molecule has 0 spiro atoms. The van der Waals surface area contributed by atoms with Gasteiger partial charge in [-0.2, -0.15) is 18.3 Å². The van der Waals surface area contributed by atoms with Crippen molar-refractivity contribution in [2.75, 3.05) is 0 Å². The number of alkyl halides is 3. The fraction of sp³-hybridized carbons (Fsp3) is 0.250. The summed E-state index contributed by atoms with van der Waals surface area (Å²) in [4.78, 5) is 28.4. The number of hydrogen-bond acceptors (Lipinski definition) is 5. The highest BCUT2D eigenvalue weighted by atomic mass is 32.1. The average molecular weight is 395 g/mol. The van der Waals surface area contributed by atoms with Crippen LogP contribution in [0, 0.1) is 5.92 Å². The Hall–Kier alpha value is -2.95. The van der Waals surface area contributed by atoms with Crippen LogP contribution in [0.2, 0.25) is 0 Å². The van der Waals surface area contributed by atoms with Gasteiger partial charge in [-0.15, -0.1) is 11.3 Å². The zero-order chi connectivity index (χ0) is 19.2. The van der Waals surface area contributed by atoms with Gasteiger partial charge in [-0.3, -0.25) is 20.4 Å². The van der Waals surface area contributed by atoms with Crippen molar-refractivity contribution in [2.45, 2.75) is 19.0 Å². The van der Waals surface area contributed by atoms with Crippen LogP contribution in [0.3, 0.4) is 0 Å². The molecular weight excluding hydrogens is 383 g/mol. The van der Waals surface area contributed by atoms with Crippen LogP contribution >= 0.6 is 11.3 Å². The maximum absolute atomic E-state index is 13.5. The van der Waals surface area contributed by atoms with E-state index in [1.165, 1.54) is 11.3 Å². The van der Waals surface area contributed by atoms with E-state index in [1.807, 2.05) is 0 Å². The second-order valence-electron chi connectivity index (χ2n) is 6.02. The third-order valence-corrected chi connectivity index (χ3v) is 4.86. The fourth-order valence-corrected chi connectivity index (χ4v) is 3.15. The van der Waals surface area contributed by atoms with Crippen LogP contribution in [0.25, 0.3) is 16.2 Å². The van der Waals surface area contributed by atoms with Gasteiger partial charge < -0.3 is 0 Å². The molecule has 2 N–H and O–H groups in total. The average Bonchev–Trinajstić information content (AvgIpc) is 3.16. The Balaban J connectivity index is 1.69. The summed E-state index contributed by atoms with van der Waals surface area (Å²) in [5.74, 6) is -1.28. The van der Waals surface area contributed by atoms with Crippen molar-refractivity contribution in [2.24, 2.45) is 5.92 Å². The lowest BCUT2D eigenvalue weighted by Gasteiger charge is -2.10. The van der Waals surface area contributed by atoms with E-state index in [9.17, 15) is 22.8 Å². The molecule has 3 aromatic rings. The SMILES string of the molecule is O=C(NNC(=O)C1CC1)c1cc2nc(-c3cccs3)cc(C(F)(F)F)n2n1. The van der Waals surface area contributed by atoms with Gasteiger partial charge in [0.1, 0.15) is 0 Å². The predicted molar refractivity (Wildman–Crippen MR) is 89.6 cm³/mol. The number of thiophene rings is 1. The molecule has 0 atom stereocenters. The van der Waals surface area contributed by atoms with Crippen LogP contribution in [-0.2, 0) is 11.0 Å². The lowest BCUT2D eigenvalue weighted by molar-refractivity contribution is -0.142. The van der Waals surface area contributed by atoms with Gasteiger partial charge in [0, 0.05) is 12.0 Å². The minimum Gasteiger partial charge on any atom is -0.273 e. The number of carbonyl (C=O) groups excluding carboxylic acids is 2. The van der Waals surface area contributed by atoms with Crippen molar-refractivity contribution in [3.8, 4) is 10.6 Å². The number of halogens is 3. The highest BCUT2D eigenvalue weighted by Crippen LogP contribution is 2.33. The largest absolute Gasteiger partial charge is 0.433 e. The van der Waals surface area contributed by atoms with Gasteiger partial charge in [0.2, 0.25) is 5.91 Å². The van der Waals surface area contributed by atoms with Crippen molar-refractivity contribution < 1.29 is 22.8 Å². The first-order chi connectivity index (χ1) is 12.8. The zero-order valence-electron chi connectivity index (χ0n) is 13.6. The summed E-state index contributed by atoms with van der Waals surface area (Å²) in [6.07, 6.45) is -3.19. The maximum atomic E-state index is 13.5. The second-order valence-corrected chi connectivity index (χ2v) is 6.97. The molecule has 0 bridgehead atoms. The highest BCUT2D eigenvalue weighted by Gasteiger charge is 2.36. The summed E-state index contributed by atoms with van der Waals surface area (Å²) in [7, 11) is 0. The molecule has 1 fully saturated rings. The van der Waals surface area contributed by atoms with Crippen LogP contribution in [-0.4, -0.2) is 26.4 Å². The van der Waals surface area contributed by atoms with E-state index in [0.717, 1.165) is 25.0 Å². The van der Waals surface area contributed by atoms with Gasteiger partial charge in [0.25, 0.3) is 5.91 Å². The molecule has 4 rings (SSSR count). The van der Waals surface area contributed by atoms with Crippen LogP contribution in [0.15, 0.2) is 29.6 Å². The normalized spacial score (nSPS) is 14.3. The first kappa shape index (κ1) is 17.5. The number of carbonyl (C=O) groups is 2. The Kier molecular flexibility index (Phi) is 4.10. The summed E-state index contributed by atoms with van der Waals surface area (Å²) in [6, 6.07) is 5.39. The first-order valence-electron chi connectivity index (χ1n) is 7.95. The molecule has 3 aromatic heterocycles. The molecule has 0 saturated heterocycles. The Bertz CT molecular complexity index is 1020. The first-order valence-corrected chi connectivity index (χ1v) is 8.83. The standard InChI is InChI=1S/C16H12F3N5O2S/c17-16(18,19)12-6-9(11-2-1-5-27-11)20-13-7-10(23-24(12)13)15(26)22-21-14(25)8-3-4-8/h1-2,5-8H,3-4H2,(H,21,25)(H,22,26). The lowest BCUT2D eigenvalue weighted by atomic mass is 10.2. The van der Waals surface area contributed by atoms with Crippen molar-refractivity contribution >= 4 is 28.8 Å². The van der Waals surface area contributed by atoms with Gasteiger partial charge in [-0.05, 0) is 30.4 Å². The molecule has 0 radical (unpaired) electrons. The van der Waals surface area contributed by atoms with Crippen LogP contribution in [0.1, 0.15) is 29.0 Å². The number of fused-ring (bicyclic) bond motifs is 1. The molecule has 3 heterocycles. The number of amides is 2. The molecule has 1 saturated carbocycles. The molecule has 1 aliphatic rings. The van der Waals surface area contributed by atoms with E-state index in [1.54, 1.807) is 17.5 Å². The third-order valence-electron chi connectivity index (χ3n) is 3.97. The summed E-state index contributed by atoms with van der Waals surface area (Å²) in [6.45, 7) is 0. The van der Waals surface area contributed by atoms with Crippen LogP contribution < -0.4 is 10.9 Å². The number of nitrogens with zero attached hydrogens (tertiary/aromatic N) is 3. The van der Waals surface area contributed by atoms with E-state index in [4.69, 9.17) is 0 Å². The van der Waals surface area contributed by atoms with Crippen LogP contribution in [0.4, 0.5) is 13.2 Å². The van der Waals surface area contributed by atoms with Gasteiger partial charge in [-0.25, -0.2) is 9.50 Å². The monoisotopic (exact) mass is 395 g/mol. The molecule has 0 unspecified atom stereocenters. The molecule has 7 nitrogen and oxygen atoms in total. The van der Waals surface area contributed by atoms with Crippen molar-refractivity contribution in [3.63, 3.8) is 0 Å². The van der Waals surface area contributed by atoms with Crippen molar-refractivity contribution in [1.82, 2.24) is 25.4 Å². The van der Waals surface area contributed by atoms with Crippen LogP contribution in [0.5, 0.6) is 0 Å². The van der Waals surface area contributed by atoms with Gasteiger partial charge in [0.05, 0.1) is 10.6 Å². The topological polar surface area (TPSA) is 88.4 Å². The highest BCUT2D eigenvalue weighted by molar-refractivity contribution is 7.13. The van der Waals surface area contributed by atoms with E-state index in [2.05, 4.69) is 20.9 Å². The molecule has 11 heteroatoms. The number of rotatable bonds is 3. The number of nitrogens with one attached hydrogen (secondary N) is 2. The molecule has 2 amide bonds. The molecule has 0 aliphatic heterocycles. The fourth-order valence-electron chi connectivity index (χ4n) is 2.47. The third kappa shape index (κ3) is 3.50. The minimum absolute atomic E-state index is 0.119. The Morgan fingerprint density at radius 2 is 2.00 bits per heavy atom. The van der Waals surface area contributed by atoms with Crippen molar-refractivity contribution in [1.29, 1.82) is 0 Å². The minimum atomic E-state index is -4.69. The number of aromatic nitrogens is 3. The van der Waals surface area contributed by atoms with E-state index < -0.39 is 17.8 Å². The summed E-state index contributed by atoms with van der Waals surface area (Å²) in [5, 5.41) is 5.44. The molecular formula is C16H12F3N5O2S. The summed E-state index contributed by atoms with van der Waals surface area (Å²) >= 11 is 1.25. The smallest absolute Gasteiger partial charge is 0.273 e. The van der Waals surface area contributed by atoms with Gasteiger partial charge in [-0.1, -0.05) is 6.07 Å². The molecule has 27 heavy (non-hydrogen) atoms. The molecule has 1 aliphatic carbocycles. The second kappa shape index (κ2) is 6.34. The Morgan fingerprint density at radius 3 is 2.63 bits per heavy atom. The zero-order valence-corrected chi connectivity index (χ0v) is 14.4. The van der Waals surface area contributed by atoms with Gasteiger partial charge >= 0.3 is 6.18 Å². The summed E-state index contributed by atoms with van der Waals surface area (Å²) in [5.41, 5.74) is 3.09. The molecule has 140 valence electrons. The predicted octanol–water partition coefficient (Wildman–Crippen LogP) is 2.65. The van der Waals surface area contributed by atoms with E-state index in [-0.39, 0.29) is 28.9 Å². The maximum Gasteiger partial charge on any atom is 0.433 e. The van der Waals surface area contributed by atoms with Crippen molar-refractivity contribution in [3.05, 3.63) is 41.0 Å². The quantitative estimate of drug-likeness (QED) is 0.668. The number of hydrazine groups is 1. The van der Waals surface area contributed by atoms with E-state index >= 15 is 0 Å². The van der Waals surface area contributed by atoms with E-state index in [0.29, 0.717) is 9.39 Å². The summed E-state index contributed by atoms with van der Waals surface area (Å²) < 4.78 is 40.9. The Labute approximate surface area is 154 Å².